The van der Waals surface area contributed by atoms with Crippen molar-refractivity contribution < 1.29 is 9.53 Å². The van der Waals surface area contributed by atoms with Crippen LogP contribution in [0.2, 0.25) is 0 Å². The summed E-state index contributed by atoms with van der Waals surface area (Å²) < 4.78 is 6.31. The van der Waals surface area contributed by atoms with Crippen molar-refractivity contribution in [1.82, 2.24) is 15.6 Å². The van der Waals surface area contributed by atoms with E-state index in [2.05, 4.69) is 20.9 Å². The van der Waals surface area contributed by atoms with Gasteiger partial charge in [-0.15, -0.1) is 0 Å². The fourth-order valence-electron chi connectivity index (χ4n) is 5.11. The molecule has 7 nitrogen and oxygen atoms in total. The molecule has 1 aromatic heterocycles. The van der Waals surface area contributed by atoms with E-state index in [0.29, 0.717) is 17.0 Å². The summed E-state index contributed by atoms with van der Waals surface area (Å²) >= 11 is 0. The quantitative estimate of drug-likeness (QED) is 0.472. The van der Waals surface area contributed by atoms with E-state index in [1.165, 1.54) is 25.7 Å². The average molecular weight is 467 g/mol. The van der Waals surface area contributed by atoms with Crippen molar-refractivity contribution in [2.75, 3.05) is 25.0 Å². The summed E-state index contributed by atoms with van der Waals surface area (Å²) in [5.41, 5.74) is 4.56. The molecule has 4 N–H and O–H groups in total. The number of rotatable bonds is 8. The molecule has 0 atom stereocenters. The molecule has 1 aromatic carbocycles. The predicted molar refractivity (Wildman–Crippen MR) is 136 cm³/mol. The minimum absolute atomic E-state index is 0.149. The van der Waals surface area contributed by atoms with E-state index in [4.69, 9.17) is 4.74 Å². The molecule has 0 radical (unpaired) electrons. The minimum Gasteiger partial charge on any atom is -0.490 e. The lowest BCUT2D eigenvalue weighted by Gasteiger charge is -2.25. The Kier molecular flexibility index (Phi) is 7.93. The molecular weight excluding hydrogens is 428 g/mol. The number of carbonyl (C=O) groups is 1. The number of carbonyl (C=O) groups excluding carboxylic acids is 1. The van der Waals surface area contributed by atoms with Crippen LogP contribution in [-0.2, 0) is 6.54 Å². The normalized spacial score (nSPS) is 17.0. The Labute approximate surface area is 202 Å². The van der Waals surface area contributed by atoms with Crippen LogP contribution >= 0.6 is 0 Å². The number of anilines is 1. The molecule has 1 amide bonds. The third-order valence-electron chi connectivity index (χ3n) is 7.19. The van der Waals surface area contributed by atoms with Crippen molar-refractivity contribution >= 4 is 11.6 Å². The molecule has 34 heavy (non-hydrogen) atoms. The predicted octanol–water partition coefficient (Wildman–Crippen LogP) is 3.96. The highest BCUT2D eigenvalue weighted by Crippen LogP contribution is 2.30. The zero-order chi connectivity index (χ0) is 24.1. The fraction of sp³-hybridized carbons (Fsp3) is 0.556. The minimum atomic E-state index is -0.198. The fourth-order valence-corrected chi connectivity index (χ4v) is 5.11. The van der Waals surface area contributed by atoms with Crippen LogP contribution in [0.5, 0.6) is 5.75 Å². The maximum atomic E-state index is 13.3. The Morgan fingerprint density at radius 3 is 2.50 bits per heavy atom. The number of aromatic amines is 1. The molecule has 184 valence electrons. The Morgan fingerprint density at radius 1 is 1.06 bits per heavy atom. The Bertz CT molecular complexity index is 1070. The van der Waals surface area contributed by atoms with Gasteiger partial charge in [0, 0.05) is 41.7 Å². The standard InChI is InChI=1S/C27H38N4O3/c1-17-12-18(2)31-27(33)24(17)16-30-26(32)23-13-22(34-21-8-10-28-11-9-21)14-25(19(23)3)29-15-20-6-4-5-7-20/h12-14,20-21,28-29H,4-11,15-16H2,1-3H3,(H,30,32)(H,31,33). The topological polar surface area (TPSA) is 95.2 Å². The van der Waals surface area contributed by atoms with Gasteiger partial charge in [-0.05, 0) is 88.7 Å². The molecule has 2 heterocycles. The van der Waals surface area contributed by atoms with Gasteiger partial charge in [-0.3, -0.25) is 9.59 Å². The third kappa shape index (κ3) is 6.00. The summed E-state index contributed by atoms with van der Waals surface area (Å²) in [6, 6.07) is 5.81. The smallest absolute Gasteiger partial charge is 0.253 e. The molecule has 0 unspecified atom stereocenters. The number of pyridine rings is 1. The molecule has 0 spiro atoms. The van der Waals surface area contributed by atoms with Gasteiger partial charge in [0.25, 0.3) is 11.5 Å². The average Bonchev–Trinajstić information content (AvgIpc) is 3.32. The number of benzene rings is 1. The van der Waals surface area contributed by atoms with Crippen LogP contribution in [0.1, 0.15) is 71.3 Å². The van der Waals surface area contributed by atoms with Crippen LogP contribution in [0.3, 0.4) is 0 Å². The first-order chi connectivity index (χ1) is 16.4. The van der Waals surface area contributed by atoms with Crippen molar-refractivity contribution in [3.8, 4) is 5.75 Å². The number of H-pyrrole nitrogens is 1. The second-order valence-electron chi connectivity index (χ2n) is 9.87. The van der Waals surface area contributed by atoms with E-state index in [1.807, 2.05) is 39.0 Å². The number of aryl methyl sites for hydroxylation is 2. The lowest BCUT2D eigenvalue weighted by molar-refractivity contribution is 0.0949. The molecule has 1 saturated carbocycles. The van der Waals surface area contributed by atoms with Gasteiger partial charge in [-0.1, -0.05) is 12.8 Å². The van der Waals surface area contributed by atoms with Gasteiger partial charge in [0.15, 0.2) is 0 Å². The van der Waals surface area contributed by atoms with E-state index >= 15 is 0 Å². The highest BCUT2D eigenvalue weighted by Gasteiger charge is 2.21. The van der Waals surface area contributed by atoms with Gasteiger partial charge < -0.3 is 25.7 Å². The molecule has 1 aliphatic carbocycles. The van der Waals surface area contributed by atoms with Crippen molar-refractivity contribution in [2.24, 2.45) is 5.92 Å². The number of ether oxygens (including phenoxy) is 1. The molecule has 1 saturated heterocycles. The molecule has 2 fully saturated rings. The summed E-state index contributed by atoms with van der Waals surface area (Å²) in [4.78, 5) is 28.5. The van der Waals surface area contributed by atoms with Crippen molar-refractivity contribution in [3.05, 3.63) is 56.5 Å². The van der Waals surface area contributed by atoms with Crippen LogP contribution in [0.25, 0.3) is 0 Å². The molecule has 4 rings (SSSR count). The van der Waals surface area contributed by atoms with Crippen LogP contribution < -0.4 is 26.2 Å². The number of hydrogen-bond donors (Lipinski definition) is 4. The van der Waals surface area contributed by atoms with Crippen molar-refractivity contribution in [3.63, 3.8) is 0 Å². The highest BCUT2D eigenvalue weighted by atomic mass is 16.5. The number of nitrogens with one attached hydrogen (secondary N) is 4. The summed E-state index contributed by atoms with van der Waals surface area (Å²) in [6.45, 7) is 8.72. The Morgan fingerprint density at radius 2 is 1.79 bits per heavy atom. The maximum Gasteiger partial charge on any atom is 0.253 e. The van der Waals surface area contributed by atoms with E-state index in [-0.39, 0.29) is 24.1 Å². The summed E-state index contributed by atoms with van der Waals surface area (Å²) in [5.74, 6) is 1.21. The van der Waals surface area contributed by atoms with Crippen LogP contribution in [-0.4, -0.2) is 36.6 Å². The van der Waals surface area contributed by atoms with Gasteiger partial charge in [-0.2, -0.15) is 0 Å². The SMILES string of the molecule is Cc1cc(C)c(CNC(=O)c2cc(OC3CCNCC3)cc(NCC3CCCC3)c2C)c(=O)[nH]1. The second kappa shape index (κ2) is 11.1. The monoisotopic (exact) mass is 466 g/mol. The zero-order valence-electron chi connectivity index (χ0n) is 20.7. The summed E-state index contributed by atoms with van der Waals surface area (Å²) in [5, 5.41) is 9.92. The van der Waals surface area contributed by atoms with Crippen LogP contribution in [0.4, 0.5) is 5.69 Å². The van der Waals surface area contributed by atoms with E-state index in [1.54, 1.807) is 0 Å². The highest BCUT2D eigenvalue weighted by molar-refractivity contribution is 5.97. The van der Waals surface area contributed by atoms with E-state index < -0.39 is 0 Å². The van der Waals surface area contributed by atoms with E-state index in [9.17, 15) is 9.59 Å². The Hall–Kier alpha value is -2.80. The lowest BCUT2D eigenvalue weighted by atomic mass is 10.0. The number of amides is 1. The van der Waals surface area contributed by atoms with Gasteiger partial charge in [0.1, 0.15) is 11.9 Å². The summed E-state index contributed by atoms with van der Waals surface area (Å²) in [6.07, 6.45) is 7.18. The first-order valence-corrected chi connectivity index (χ1v) is 12.6. The van der Waals surface area contributed by atoms with Gasteiger partial charge in [-0.25, -0.2) is 0 Å². The molecule has 2 aromatic rings. The first-order valence-electron chi connectivity index (χ1n) is 12.6. The number of hydrogen-bond acceptors (Lipinski definition) is 5. The van der Waals surface area contributed by atoms with Crippen LogP contribution in [0, 0.1) is 26.7 Å². The number of piperidine rings is 1. The number of aromatic nitrogens is 1. The Balaban J connectivity index is 1.54. The zero-order valence-corrected chi connectivity index (χ0v) is 20.7. The first kappa shape index (κ1) is 24.3. The van der Waals surface area contributed by atoms with Crippen molar-refractivity contribution in [2.45, 2.75) is 71.9 Å². The molecular formula is C27H38N4O3. The molecule has 0 bridgehead atoms. The van der Waals surface area contributed by atoms with Gasteiger partial charge in [0.2, 0.25) is 0 Å². The lowest BCUT2D eigenvalue weighted by Crippen LogP contribution is -2.34. The van der Waals surface area contributed by atoms with Crippen LogP contribution in [0.15, 0.2) is 23.0 Å². The third-order valence-corrected chi connectivity index (χ3v) is 7.19. The van der Waals surface area contributed by atoms with Crippen molar-refractivity contribution in [1.29, 1.82) is 0 Å². The summed E-state index contributed by atoms with van der Waals surface area (Å²) in [7, 11) is 0. The molecule has 2 aliphatic rings. The second-order valence-corrected chi connectivity index (χ2v) is 9.87. The maximum absolute atomic E-state index is 13.3. The van der Waals surface area contributed by atoms with E-state index in [0.717, 1.165) is 60.7 Å². The molecule has 1 aliphatic heterocycles. The van der Waals surface area contributed by atoms with Gasteiger partial charge in [0.05, 0.1) is 0 Å². The van der Waals surface area contributed by atoms with Gasteiger partial charge >= 0.3 is 0 Å². The largest absolute Gasteiger partial charge is 0.490 e. The molecule has 7 heteroatoms.